The minimum absolute atomic E-state index is 0.304. The van der Waals surface area contributed by atoms with Crippen LogP contribution < -0.4 is 10.6 Å². The van der Waals surface area contributed by atoms with E-state index in [4.69, 9.17) is 27.3 Å². The van der Waals surface area contributed by atoms with Crippen molar-refractivity contribution in [1.29, 1.82) is 0 Å². The second-order valence-electron chi connectivity index (χ2n) is 10.3. The molecule has 0 atom stereocenters. The standard InChI is InChI=1S/C25H30ClN5OS/c1-15-23(33-18-5-11-28-21(27)19(18)26)30-20(25(32)7-8-25)22(29-15)31-12-9-24(10-13-31)6-4-17(14-24)16-2-3-16/h4-5,11,16,32H,2-3,6-10,12-14H2,1H3,(H2,27,28). The highest BCUT2D eigenvalue weighted by Crippen LogP contribution is 2.53. The lowest BCUT2D eigenvalue weighted by atomic mass is 9.75. The zero-order valence-electron chi connectivity index (χ0n) is 19.0. The normalized spacial score (nSPS) is 23.1. The van der Waals surface area contributed by atoms with Crippen molar-refractivity contribution in [3.05, 3.63) is 40.3 Å². The second kappa shape index (κ2) is 7.85. The number of aromatic nitrogens is 3. The molecule has 1 spiro atoms. The van der Waals surface area contributed by atoms with Crippen molar-refractivity contribution in [2.75, 3.05) is 23.7 Å². The van der Waals surface area contributed by atoms with Gasteiger partial charge in [0.2, 0.25) is 0 Å². The summed E-state index contributed by atoms with van der Waals surface area (Å²) in [5.74, 6) is 2.06. The minimum Gasteiger partial charge on any atom is -0.383 e. The van der Waals surface area contributed by atoms with Crippen LogP contribution in [0.15, 0.2) is 33.8 Å². The summed E-state index contributed by atoms with van der Waals surface area (Å²) in [7, 11) is 0. The van der Waals surface area contributed by atoms with Crippen LogP contribution in [0, 0.1) is 18.3 Å². The maximum atomic E-state index is 11.1. The number of pyridine rings is 1. The molecular weight excluding hydrogens is 454 g/mol. The SMILES string of the molecule is Cc1nc(N2CCC3(CC=C(C4CC4)C3)CC2)c(C2(O)CC2)nc1Sc1ccnc(N)c1Cl. The monoisotopic (exact) mass is 483 g/mol. The van der Waals surface area contributed by atoms with Crippen molar-refractivity contribution in [1.82, 2.24) is 15.0 Å². The molecule has 0 bridgehead atoms. The maximum absolute atomic E-state index is 11.1. The van der Waals surface area contributed by atoms with Gasteiger partial charge in [0.25, 0.3) is 0 Å². The van der Waals surface area contributed by atoms with E-state index in [1.807, 2.05) is 13.0 Å². The fourth-order valence-electron chi connectivity index (χ4n) is 5.36. The van der Waals surface area contributed by atoms with Crippen molar-refractivity contribution in [2.45, 2.75) is 73.8 Å². The van der Waals surface area contributed by atoms with E-state index in [-0.39, 0.29) is 0 Å². The Morgan fingerprint density at radius 1 is 1.18 bits per heavy atom. The molecule has 3 aliphatic carbocycles. The van der Waals surface area contributed by atoms with E-state index in [9.17, 15) is 5.11 Å². The molecule has 6 rings (SSSR count). The molecular formula is C25H30ClN5OS. The van der Waals surface area contributed by atoms with Crippen molar-refractivity contribution < 1.29 is 5.11 Å². The largest absolute Gasteiger partial charge is 0.383 e. The third-order valence-electron chi connectivity index (χ3n) is 7.86. The lowest BCUT2D eigenvalue weighted by Gasteiger charge is -2.41. The maximum Gasteiger partial charge on any atom is 0.153 e. The number of aryl methyl sites for hydroxylation is 1. The zero-order chi connectivity index (χ0) is 22.8. The van der Waals surface area contributed by atoms with E-state index < -0.39 is 5.60 Å². The highest BCUT2D eigenvalue weighted by molar-refractivity contribution is 7.99. The Bertz CT molecular complexity index is 1140. The summed E-state index contributed by atoms with van der Waals surface area (Å²) in [5, 5.41) is 12.3. The molecule has 0 aromatic carbocycles. The van der Waals surface area contributed by atoms with Gasteiger partial charge in [0.1, 0.15) is 22.1 Å². The summed E-state index contributed by atoms with van der Waals surface area (Å²) < 4.78 is 0. The number of halogens is 1. The van der Waals surface area contributed by atoms with Crippen LogP contribution in [0.2, 0.25) is 5.02 Å². The molecule has 33 heavy (non-hydrogen) atoms. The average Bonchev–Trinajstić information content (AvgIpc) is 3.74. The number of hydrogen-bond donors (Lipinski definition) is 2. The molecule has 3 N–H and O–H groups in total. The Hall–Kier alpha value is -1.83. The van der Waals surface area contributed by atoms with Crippen molar-refractivity contribution in [3.63, 3.8) is 0 Å². The van der Waals surface area contributed by atoms with E-state index in [1.54, 1.807) is 11.8 Å². The number of nitrogens with zero attached hydrogens (tertiary/aromatic N) is 4. The average molecular weight is 484 g/mol. The number of piperidine rings is 1. The quantitative estimate of drug-likeness (QED) is 0.560. The first-order valence-corrected chi connectivity index (χ1v) is 13.2. The van der Waals surface area contributed by atoms with Crippen LogP contribution in [0.25, 0.3) is 0 Å². The van der Waals surface area contributed by atoms with E-state index in [0.717, 1.165) is 53.3 Å². The number of nitrogen functional groups attached to an aromatic ring is 1. The topological polar surface area (TPSA) is 88.2 Å². The van der Waals surface area contributed by atoms with Gasteiger partial charge in [-0.2, -0.15) is 0 Å². The predicted octanol–water partition coefficient (Wildman–Crippen LogP) is 5.27. The van der Waals surface area contributed by atoms with Crippen molar-refractivity contribution in [3.8, 4) is 0 Å². The Kier molecular flexibility index (Phi) is 5.16. The number of aliphatic hydroxyl groups is 1. The Balaban J connectivity index is 1.25. The van der Waals surface area contributed by atoms with Crippen molar-refractivity contribution >= 4 is 35.0 Å². The number of hydrogen-bond acceptors (Lipinski definition) is 7. The van der Waals surface area contributed by atoms with Gasteiger partial charge in [-0.3, -0.25) is 0 Å². The van der Waals surface area contributed by atoms with Crippen molar-refractivity contribution in [2.24, 2.45) is 11.3 Å². The van der Waals surface area contributed by atoms with Gasteiger partial charge in [-0.15, -0.1) is 0 Å². The van der Waals surface area contributed by atoms with Gasteiger partial charge in [0, 0.05) is 24.2 Å². The summed E-state index contributed by atoms with van der Waals surface area (Å²) >= 11 is 7.80. The molecule has 174 valence electrons. The van der Waals surface area contributed by atoms with Crippen LogP contribution in [0.5, 0.6) is 0 Å². The molecule has 3 fully saturated rings. The fourth-order valence-corrected chi connectivity index (χ4v) is 6.45. The molecule has 4 aliphatic rings. The molecule has 1 saturated heterocycles. The van der Waals surface area contributed by atoms with E-state index >= 15 is 0 Å². The molecule has 0 amide bonds. The molecule has 2 aromatic rings. The summed E-state index contributed by atoms with van der Waals surface area (Å²) in [4.78, 5) is 17.2. The predicted molar refractivity (Wildman–Crippen MR) is 132 cm³/mol. The molecule has 2 aromatic heterocycles. The molecule has 0 radical (unpaired) electrons. The second-order valence-corrected chi connectivity index (χ2v) is 11.8. The number of allylic oxidation sites excluding steroid dienone is 2. The molecule has 0 unspecified atom stereocenters. The van der Waals surface area contributed by atoms with Gasteiger partial charge in [0.15, 0.2) is 5.82 Å². The molecule has 8 heteroatoms. The molecule has 6 nitrogen and oxygen atoms in total. The summed E-state index contributed by atoms with van der Waals surface area (Å²) in [6.45, 7) is 3.93. The minimum atomic E-state index is -0.865. The third-order valence-corrected chi connectivity index (χ3v) is 9.51. The van der Waals surface area contributed by atoms with Gasteiger partial charge in [0.05, 0.1) is 10.7 Å². The fraction of sp³-hybridized carbons (Fsp3) is 0.560. The Morgan fingerprint density at radius 3 is 2.64 bits per heavy atom. The van der Waals surface area contributed by atoms with Gasteiger partial charge < -0.3 is 15.7 Å². The van der Waals surface area contributed by atoms with Crippen LogP contribution in [-0.2, 0) is 5.60 Å². The van der Waals surface area contributed by atoms with E-state index in [2.05, 4.69) is 16.0 Å². The third kappa shape index (κ3) is 4.02. The number of nitrogens with two attached hydrogens (primary N) is 1. The van der Waals surface area contributed by atoms with Crippen LogP contribution in [-0.4, -0.2) is 33.1 Å². The summed E-state index contributed by atoms with van der Waals surface area (Å²) in [6, 6.07) is 1.83. The molecule has 2 saturated carbocycles. The summed E-state index contributed by atoms with van der Waals surface area (Å²) in [5.41, 5.74) is 8.74. The lowest BCUT2D eigenvalue weighted by Crippen LogP contribution is -2.40. The van der Waals surface area contributed by atoms with Gasteiger partial charge in [-0.25, -0.2) is 15.0 Å². The first-order valence-electron chi connectivity index (χ1n) is 12.0. The van der Waals surface area contributed by atoms with Gasteiger partial charge in [-0.05, 0) is 75.7 Å². The highest BCUT2D eigenvalue weighted by atomic mass is 35.5. The number of rotatable bonds is 5. The van der Waals surface area contributed by atoms with Gasteiger partial charge >= 0.3 is 0 Å². The van der Waals surface area contributed by atoms with Gasteiger partial charge in [-0.1, -0.05) is 35.0 Å². The van der Waals surface area contributed by atoms with Crippen LogP contribution in [0.4, 0.5) is 11.6 Å². The summed E-state index contributed by atoms with van der Waals surface area (Å²) in [6.07, 6.45) is 13.3. The molecule has 1 aliphatic heterocycles. The van der Waals surface area contributed by atoms with E-state index in [0.29, 0.717) is 21.9 Å². The first kappa shape index (κ1) is 21.7. The zero-order valence-corrected chi connectivity index (χ0v) is 20.6. The Labute approximate surface area is 204 Å². The van der Waals surface area contributed by atoms with E-state index in [1.165, 1.54) is 50.3 Å². The Morgan fingerprint density at radius 2 is 1.94 bits per heavy atom. The first-order chi connectivity index (χ1) is 15.9. The molecule has 3 heterocycles. The smallest absolute Gasteiger partial charge is 0.153 e. The van der Waals surface area contributed by atoms with Crippen LogP contribution >= 0.6 is 23.4 Å². The van der Waals surface area contributed by atoms with Crippen LogP contribution in [0.1, 0.15) is 62.8 Å². The number of anilines is 2. The lowest BCUT2D eigenvalue weighted by molar-refractivity contribution is 0.145. The van der Waals surface area contributed by atoms with Crippen LogP contribution in [0.3, 0.4) is 0 Å². The highest BCUT2D eigenvalue weighted by Gasteiger charge is 2.48.